The number of hydrogen-bond donors (Lipinski definition) is 2. The van der Waals surface area contributed by atoms with Gasteiger partial charge < -0.3 is 20.4 Å². The Morgan fingerprint density at radius 2 is 1.80 bits per heavy atom. The predicted molar refractivity (Wildman–Crippen MR) is 162 cm³/mol. The van der Waals surface area contributed by atoms with Gasteiger partial charge in [-0.25, -0.2) is 0 Å². The van der Waals surface area contributed by atoms with Crippen LogP contribution >= 0.6 is 11.3 Å². The lowest BCUT2D eigenvalue weighted by molar-refractivity contribution is 0.103. The monoisotopic (exact) mass is 551 g/mol. The third kappa shape index (κ3) is 4.89. The van der Waals surface area contributed by atoms with Crippen molar-refractivity contribution in [2.45, 2.75) is 13.5 Å². The van der Waals surface area contributed by atoms with Crippen LogP contribution in [0.15, 0.2) is 81.8 Å². The van der Waals surface area contributed by atoms with E-state index >= 15 is 0 Å². The summed E-state index contributed by atoms with van der Waals surface area (Å²) in [6.07, 6.45) is 1.79. The van der Waals surface area contributed by atoms with Crippen LogP contribution in [0.4, 0.5) is 17.1 Å². The molecule has 1 amide bonds. The minimum atomic E-state index is -0.468. The number of carbonyl (C=O) groups excluding carboxylic acids is 1. The molecule has 2 aromatic heterocycles. The summed E-state index contributed by atoms with van der Waals surface area (Å²) in [5.74, 6) is -0.241. The highest BCUT2D eigenvalue weighted by molar-refractivity contribution is 7.12. The molecule has 0 saturated carbocycles. The van der Waals surface area contributed by atoms with Crippen LogP contribution in [0.5, 0.6) is 0 Å². The number of carbonyl (C=O) groups is 1. The van der Waals surface area contributed by atoms with E-state index in [0.29, 0.717) is 47.0 Å². The zero-order valence-corrected chi connectivity index (χ0v) is 23.0. The number of thiophene rings is 1. The quantitative estimate of drug-likeness (QED) is 0.273. The Morgan fingerprint density at radius 3 is 2.62 bits per heavy atom. The number of aromatic nitrogens is 1. The third-order valence-corrected chi connectivity index (χ3v) is 8.42. The molecule has 8 nitrogen and oxygen atoms in total. The topological polar surface area (TPSA) is 94.6 Å². The fourth-order valence-electron chi connectivity index (χ4n) is 5.30. The number of hydrogen-bond acceptors (Lipinski definition) is 8. The van der Waals surface area contributed by atoms with Crippen molar-refractivity contribution in [3.05, 3.63) is 103 Å². The van der Waals surface area contributed by atoms with Crippen LogP contribution in [0.2, 0.25) is 0 Å². The van der Waals surface area contributed by atoms with Crippen molar-refractivity contribution in [1.82, 2.24) is 9.88 Å². The van der Waals surface area contributed by atoms with E-state index < -0.39 is 10.9 Å². The molecule has 9 heteroatoms. The Morgan fingerprint density at radius 1 is 0.975 bits per heavy atom. The van der Waals surface area contributed by atoms with E-state index in [4.69, 9.17) is 0 Å². The van der Waals surface area contributed by atoms with Crippen LogP contribution in [0.3, 0.4) is 0 Å². The standard InChI is InChI=1S/C31H29N5O3S/c1-2-35-13-15-36(16-14-35)27-26(28(37)29(27)38)20-6-5-7-22(18-20)34-31(39)30-25(11-17-40-30)33-19-21-10-12-32-24-9-4-3-8-23(21)24/h3-12,17-18,33H,2,13-16,19H2,1H3,(H,34,39). The van der Waals surface area contributed by atoms with Gasteiger partial charge in [-0.15, -0.1) is 11.3 Å². The highest BCUT2D eigenvalue weighted by Gasteiger charge is 2.29. The number of benzene rings is 2. The number of nitrogens with one attached hydrogen (secondary N) is 2. The van der Waals surface area contributed by atoms with Gasteiger partial charge in [-0.1, -0.05) is 37.3 Å². The zero-order chi connectivity index (χ0) is 27.6. The van der Waals surface area contributed by atoms with E-state index in [1.807, 2.05) is 52.7 Å². The lowest BCUT2D eigenvalue weighted by Gasteiger charge is -2.36. The molecule has 1 aliphatic rings. The molecule has 0 bridgehead atoms. The molecular weight excluding hydrogens is 522 g/mol. The van der Waals surface area contributed by atoms with Gasteiger partial charge in [0.15, 0.2) is 0 Å². The van der Waals surface area contributed by atoms with E-state index in [9.17, 15) is 14.4 Å². The van der Waals surface area contributed by atoms with Crippen LogP contribution in [0.1, 0.15) is 22.2 Å². The molecule has 1 fully saturated rings. The largest absolute Gasteiger partial charge is 0.380 e. The fraction of sp³-hybridized carbons (Fsp3) is 0.226. The van der Waals surface area contributed by atoms with Crippen LogP contribution < -0.4 is 26.4 Å². The van der Waals surface area contributed by atoms with Crippen molar-refractivity contribution in [2.24, 2.45) is 0 Å². The van der Waals surface area contributed by atoms with Crippen LogP contribution in [-0.2, 0) is 6.54 Å². The molecule has 5 aromatic rings. The van der Waals surface area contributed by atoms with Gasteiger partial charge in [-0.3, -0.25) is 19.4 Å². The van der Waals surface area contributed by atoms with Gasteiger partial charge in [0.2, 0.25) is 10.9 Å². The molecule has 1 aliphatic heterocycles. The summed E-state index contributed by atoms with van der Waals surface area (Å²) in [6.45, 7) is 6.79. The number of amides is 1. The highest BCUT2D eigenvalue weighted by Crippen LogP contribution is 2.30. The van der Waals surface area contributed by atoms with Gasteiger partial charge in [0.1, 0.15) is 10.6 Å². The highest BCUT2D eigenvalue weighted by atomic mass is 32.1. The molecule has 0 spiro atoms. The fourth-order valence-corrected chi connectivity index (χ4v) is 6.07. The first-order valence-electron chi connectivity index (χ1n) is 13.4. The first-order chi connectivity index (χ1) is 19.5. The van der Waals surface area contributed by atoms with Gasteiger partial charge in [-0.05, 0) is 53.4 Å². The number of rotatable bonds is 8. The summed E-state index contributed by atoms with van der Waals surface area (Å²) in [4.78, 5) is 47.8. The Kier molecular flexibility index (Phi) is 7.15. The summed E-state index contributed by atoms with van der Waals surface area (Å²) >= 11 is 1.36. The van der Waals surface area contributed by atoms with Crippen molar-refractivity contribution < 1.29 is 4.79 Å². The number of piperazine rings is 1. The van der Waals surface area contributed by atoms with Crippen molar-refractivity contribution >= 4 is 45.2 Å². The SMILES string of the molecule is CCN1CCN(c2c(-c3cccc(NC(=O)c4sccc4NCc4ccnc5ccccc45)c3)c(=O)c2=O)CC1. The van der Waals surface area contributed by atoms with Crippen LogP contribution in [-0.4, -0.2) is 48.5 Å². The molecular formula is C31H29N5O3S. The average Bonchev–Trinajstić information content (AvgIpc) is 3.47. The molecule has 0 aliphatic carbocycles. The minimum Gasteiger partial charge on any atom is -0.380 e. The maximum absolute atomic E-state index is 13.3. The van der Waals surface area contributed by atoms with Crippen LogP contribution in [0, 0.1) is 0 Å². The Bertz CT molecular complexity index is 1760. The maximum Gasteiger partial charge on any atom is 0.267 e. The van der Waals surface area contributed by atoms with Gasteiger partial charge >= 0.3 is 0 Å². The van der Waals surface area contributed by atoms with E-state index in [1.54, 1.807) is 24.4 Å². The molecule has 3 heterocycles. The number of pyridine rings is 1. The Balaban J connectivity index is 1.18. The third-order valence-electron chi connectivity index (χ3n) is 7.51. The molecule has 202 valence electrons. The molecule has 0 unspecified atom stereocenters. The van der Waals surface area contributed by atoms with Crippen molar-refractivity contribution in [3.8, 4) is 11.1 Å². The molecule has 3 aromatic carbocycles. The molecule has 40 heavy (non-hydrogen) atoms. The van der Waals surface area contributed by atoms with Gasteiger partial charge in [0.05, 0.1) is 16.8 Å². The van der Waals surface area contributed by atoms with Crippen molar-refractivity contribution in [1.29, 1.82) is 0 Å². The van der Waals surface area contributed by atoms with Gasteiger partial charge in [-0.2, -0.15) is 0 Å². The lowest BCUT2D eigenvalue weighted by Crippen LogP contribution is -2.51. The lowest BCUT2D eigenvalue weighted by atomic mass is 9.96. The normalized spacial score (nSPS) is 14.1. The smallest absolute Gasteiger partial charge is 0.267 e. The number of anilines is 3. The van der Waals surface area contributed by atoms with Gasteiger partial charge in [0.25, 0.3) is 5.91 Å². The Hall–Kier alpha value is -4.34. The summed E-state index contributed by atoms with van der Waals surface area (Å²) in [5, 5.41) is 9.32. The van der Waals surface area contributed by atoms with Gasteiger partial charge in [0, 0.05) is 50.0 Å². The second-order valence-corrected chi connectivity index (χ2v) is 10.8. The number of likely N-dealkylation sites (N-methyl/N-ethyl adjacent to an activating group) is 1. The van der Waals surface area contributed by atoms with Crippen molar-refractivity contribution in [3.63, 3.8) is 0 Å². The second kappa shape index (κ2) is 11.0. The van der Waals surface area contributed by atoms with Crippen LogP contribution in [0.25, 0.3) is 22.0 Å². The first kappa shape index (κ1) is 25.9. The second-order valence-electron chi connectivity index (χ2n) is 9.84. The first-order valence-corrected chi connectivity index (χ1v) is 14.3. The molecule has 0 atom stereocenters. The average molecular weight is 552 g/mol. The van der Waals surface area contributed by atoms with E-state index in [-0.39, 0.29) is 5.91 Å². The van der Waals surface area contributed by atoms with E-state index in [2.05, 4.69) is 27.4 Å². The molecule has 6 rings (SSSR count). The minimum absolute atomic E-state index is 0.241. The number of para-hydroxylation sites is 1. The molecule has 2 N–H and O–H groups in total. The summed E-state index contributed by atoms with van der Waals surface area (Å²) < 4.78 is 0. The maximum atomic E-state index is 13.3. The number of nitrogens with zero attached hydrogens (tertiary/aromatic N) is 3. The zero-order valence-electron chi connectivity index (χ0n) is 22.1. The predicted octanol–water partition coefficient (Wildman–Crippen LogP) is 4.57. The molecule has 0 radical (unpaired) electrons. The van der Waals surface area contributed by atoms with E-state index in [0.717, 1.165) is 41.8 Å². The van der Waals surface area contributed by atoms with Crippen molar-refractivity contribution in [2.75, 3.05) is 48.3 Å². The number of fused-ring (bicyclic) bond motifs is 1. The Labute approximate surface area is 235 Å². The molecule has 1 saturated heterocycles. The van der Waals surface area contributed by atoms with E-state index in [1.165, 1.54) is 11.3 Å². The summed E-state index contributed by atoms with van der Waals surface area (Å²) in [5.41, 5.74) is 4.02. The summed E-state index contributed by atoms with van der Waals surface area (Å²) in [6, 6.07) is 19.0. The summed E-state index contributed by atoms with van der Waals surface area (Å²) in [7, 11) is 0.